The van der Waals surface area contributed by atoms with Gasteiger partial charge in [0.15, 0.2) is 0 Å². The number of amides is 4. The molecule has 0 radical (unpaired) electrons. The van der Waals surface area contributed by atoms with Crippen molar-refractivity contribution in [2.45, 2.75) is 45.3 Å². The van der Waals surface area contributed by atoms with Crippen LogP contribution in [0.3, 0.4) is 0 Å². The minimum Gasteiger partial charge on any atom is -0.327 e. The summed E-state index contributed by atoms with van der Waals surface area (Å²) >= 11 is 0. The first-order valence-corrected chi connectivity index (χ1v) is 10.1. The number of fused-ring (bicyclic) bond motifs is 1. The summed E-state index contributed by atoms with van der Waals surface area (Å²) in [5.41, 5.74) is 7.81. The van der Waals surface area contributed by atoms with Crippen molar-refractivity contribution >= 4 is 23.6 Å². The molecule has 0 spiro atoms. The van der Waals surface area contributed by atoms with E-state index in [9.17, 15) is 19.2 Å². The van der Waals surface area contributed by atoms with Crippen LogP contribution in [-0.2, 0) is 16.1 Å². The smallest absolute Gasteiger partial charge is 0.262 e. The number of likely N-dealkylation sites (tertiary alicyclic amines) is 1. The first-order chi connectivity index (χ1) is 13.8. The van der Waals surface area contributed by atoms with E-state index in [1.54, 1.807) is 12.1 Å². The Balaban J connectivity index is 1.53. The Morgan fingerprint density at radius 1 is 1.03 bits per heavy atom. The van der Waals surface area contributed by atoms with Gasteiger partial charge in [-0.1, -0.05) is 19.9 Å². The first kappa shape index (κ1) is 19.7. The number of nitrogens with two attached hydrogens (primary N) is 1. The molecule has 3 N–H and O–H groups in total. The van der Waals surface area contributed by atoms with Crippen LogP contribution >= 0.6 is 0 Å². The maximum atomic E-state index is 12.9. The number of piperidine rings is 2. The van der Waals surface area contributed by atoms with Gasteiger partial charge in [0.1, 0.15) is 6.04 Å². The zero-order chi connectivity index (χ0) is 20.9. The van der Waals surface area contributed by atoms with Crippen LogP contribution in [0.25, 0.3) is 0 Å². The molecule has 29 heavy (non-hydrogen) atoms. The predicted octanol–water partition coefficient (Wildman–Crippen LogP) is 0.503. The minimum atomic E-state index is -0.936. The quantitative estimate of drug-likeness (QED) is 0.717. The van der Waals surface area contributed by atoms with Crippen LogP contribution in [0.15, 0.2) is 18.2 Å². The van der Waals surface area contributed by atoms with Gasteiger partial charge in [-0.05, 0) is 36.0 Å². The summed E-state index contributed by atoms with van der Waals surface area (Å²) in [6, 6.07) is 4.54. The van der Waals surface area contributed by atoms with Crippen LogP contribution in [0.5, 0.6) is 0 Å². The van der Waals surface area contributed by atoms with E-state index in [1.807, 2.05) is 6.07 Å². The fourth-order valence-corrected chi connectivity index (χ4v) is 4.70. The molecule has 0 aliphatic carbocycles. The molecule has 2 fully saturated rings. The second-order valence-corrected chi connectivity index (χ2v) is 8.55. The minimum absolute atomic E-state index is 0.114. The second-order valence-electron chi connectivity index (χ2n) is 8.55. The maximum absolute atomic E-state index is 12.9. The average molecular weight is 398 g/mol. The molecule has 3 aliphatic heterocycles. The molecule has 154 valence electrons. The van der Waals surface area contributed by atoms with Crippen molar-refractivity contribution in [3.8, 4) is 0 Å². The third-order valence-electron chi connectivity index (χ3n) is 6.32. The van der Waals surface area contributed by atoms with Crippen molar-refractivity contribution in [1.82, 2.24) is 15.1 Å². The normalized spacial score (nSPS) is 30.5. The third-order valence-corrected chi connectivity index (χ3v) is 6.32. The van der Waals surface area contributed by atoms with Crippen molar-refractivity contribution in [1.29, 1.82) is 0 Å². The number of imide groups is 2. The van der Waals surface area contributed by atoms with Gasteiger partial charge >= 0.3 is 0 Å². The Morgan fingerprint density at radius 2 is 1.69 bits per heavy atom. The van der Waals surface area contributed by atoms with Crippen LogP contribution in [0.1, 0.15) is 53.0 Å². The van der Waals surface area contributed by atoms with Crippen molar-refractivity contribution in [2.24, 2.45) is 17.6 Å². The van der Waals surface area contributed by atoms with Crippen molar-refractivity contribution in [3.05, 3.63) is 34.9 Å². The molecule has 3 aliphatic rings. The van der Waals surface area contributed by atoms with Crippen molar-refractivity contribution in [2.75, 3.05) is 13.1 Å². The molecule has 4 rings (SSSR count). The molecule has 8 heteroatoms. The van der Waals surface area contributed by atoms with Gasteiger partial charge < -0.3 is 5.73 Å². The Bertz CT molecular complexity index is 887. The highest BCUT2D eigenvalue weighted by atomic mass is 16.2. The first-order valence-electron chi connectivity index (χ1n) is 10.1. The summed E-state index contributed by atoms with van der Waals surface area (Å²) in [4.78, 5) is 52.6. The Labute approximate surface area is 169 Å². The van der Waals surface area contributed by atoms with Gasteiger partial charge in [0.25, 0.3) is 11.8 Å². The monoisotopic (exact) mass is 398 g/mol. The number of rotatable bonds is 3. The predicted molar refractivity (Wildman–Crippen MR) is 105 cm³/mol. The van der Waals surface area contributed by atoms with Gasteiger partial charge in [-0.2, -0.15) is 0 Å². The molecule has 3 unspecified atom stereocenters. The lowest BCUT2D eigenvalue weighted by atomic mass is 9.86. The van der Waals surface area contributed by atoms with E-state index in [0.717, 1.165) is 23.6 Å². The second kappa shape index (κ2) is 7.35. The molecule has 1 aromatic rings. The van der Waals surface area contributed by atoms with Gasteiger partial charge in [0.2, 0.25) is 11.8 Å². The van der Waals surface area contributed by atoms with Gasteiger partial charge in [-0.25, -0.2) is 0 Å². The summed E-state index contributed by atoms with van der Waals surface area (Å²) in [5, 5.41) is 2.21. The topological polar surface area (TPSA) is 113 Å². The van der Waals surface area contributed by atoms with Gasteiger partial charge in [0, 0.05) is 32.1 Å². The molecule has 1 aromatic carbocycles. The molecule has 0 bridgehead atoms. The van der Waals surface area contributed by atoms with Crippen LogP contribution < -0.4 is 11.1 Å². The molecule has 3 atom stereocenters. The molecule has 3 heterocycles. The fourth-order valence-electron chi connectivity index (χ4n) is 4.70. The molecular formula is C21H26N4O4. The van der Waals surface area contributed by atoms with Gasteiger partial charge in [-0.15, -0.1) is 0 Å². The van der Waals surface area contributed by atoms with Gasteiger partial charge in [0.05, 0.1) is 11.1 Å². The molecule has 0 aromatic heterocycles. The molecule has 0 saturated carbocycles. The number of benzene rings is 1. The van der Waals surface area contributed by atoms with E-state index in [-0.39, 0.29) is 24.8 Å². The average Bonchev–Trinajstić information content (AvgIpc) is 2.90. The summed E-state index contributed by atoms with van der Waals surface area (Å²) in [5.74, 6) is -1.14. The third kappa shape index (κ3) is 3.47. The number of carbonyl (C=O) groups excluding carboxylic acids is 4. The Kier molecular flexibility index (Phi) is 5.00. The number of nitrogens with zero attached hydrogens (tertiary/aromatic N) is 2. The molecule has 4 amide bonds. The number of carbonyl (C=O) groups is 4. The van der Waals surface area contributed by atoms with E-state index >= 15 is 0 Å². The van der Waals surface area contributed by atoms with Crippen LogP contribution in [-0.4, -0.2) is 58.6 Å². The van der Waals surface area contributed by atoms with Crippen molar-refractivity contribution in [3.63, 3.8) is 0 Å². The maximum Gasteiger partial charge on any atom is 0.262 e. The Morgan fingerprint density at radius 3 is 2.34 bits per heavy atom. The fraction of sp³-hybridized carbons (Fsp3) is 0.524. The van der Waals surface area contributed by atoms with Crippen molar-refractivity contribution < 1.29 is 19.2 Å². The lowest BCUT2D eigenvalue weighted by Gasteiger charge is -2.39. The molecule has 8 nitrogen and oxygen atoms in total. The lowest BCUT2D eigenvalue weighted by Crippen LogP contribution is -2.54. The summed E-state index contributed by atoms with van der Waals surface area (Å²) < 4.78 is 0. The lowest BCUT2D eigenvalue weighted by molar-refractivity contribution is -0.136. The SMILES string of the molecule is CC1CN(Cc2ccc3c(c2)C(=O)N(C2CCC(=O)NC2=O)C3=O)CC(C)C1N. The summed E-state index contributed by atoms with van der Waals surface area (Å²) in [7, 11) is 0. The number of hydrogen-bond donors (Lipinski definition) is 2. The number of hydrogen-bond acceptors (Lipinski definition) is 6. The van der Waals surface area contributed by atoms with E-state index in [0.29, 0.717) is 29.5 Å². The molecular weight excluding hydrogens is 372 g/mol. The van der Waals surface area contributed by atoms with E-state index in [4.69, 9.17) is 5.73 Å². The Hall–Kier alpha value is -2.58. The number of nitrogens with one attached hydrogen (secondary N) is 1. The largest absolute Gasteiger partial charge is 0.327 e. The van der Waals surface area contributed by atoms with E-state index in [1.165, 1.54) is 0 Å². The zero-order valence-corrected chi connectivity index (χ0v) is 16.7. The highest BCUT2D eigenvalue weighted by Crippen LogP contribution is 2.29. The molecule has 2 saturated heterocycles. The van der Waals surface area contributed by atoms with Gasteiger partial charge in [-0.3, -0.25) is 34.3 Å². The van der Waals surface area contributed by atoms with Crippen LogP contribution in [0.2, 0.25) is 0 Å². The highest BCUT2D eigenvalue weighted by molar-refractivity contribution is 6.23. The zero-order valence-electron chi connectivity index (χ0n) is 16.7. The summed E-state index contributed by atoms with van der Waals surface area (Å²) in [6.45, 7) is 6.75. The van der Waals surface area contributed by atoms with Crippen LogP contribution in [0, 0.1) is 11.8 Å². The highest BCUT2D eigenvalue weighted by Gasteiger charge is 2.44. The summed E-state index contributed by atoms with van der Waals surface area (Å²) in [6.07, 6.45) is 0.273. The van der Waals surface area contributed by atoms with E-state index in [2.05, 4.69) is 24.1 Å². The van der Waals surface area contributed by atoms with Crippen LogP contribution in [0.4, 0.5) is 0 Å². The standard InChI is InChI=1S/C21H26N4O4/c1-11-8-24(9-12(2)18(11)22)10-13-3-4-14-15(7-13)21(29)25(20(14)28)16-5-6-17(26)23-19(16)27/h3-4,7,11-12,16,18H,5-6,8-10,22H2,1-2H3,(H,23,26,27). The van der Waals surface area contributed by atoms with E-state index < -0.39 is 23.8 Å².